The van der Waals surface area contributed by atoms with E-state index in [-0.39, 0.29) is 11.6 Å². The summed E-state index contributed by atoms with van der Waals surface area (Å²) in [6, 6.07) is 8.99. The van der Waals surface area contributed by atoms with Crippen molar-refractivity contribution in [1.82, 2.24) is 15.1 Å². The number of carbonyl (C=O) groups is 3. The van der Waals surface area contributed by atoms with Crippen molar-refractivity contribution in [3.8, 4) is 17.0 Å². The van der Waals surface area contributed by atoms with Gasteiger partial charge in [-0.2, -0.15) is 5.10 Å². The van der Waals surface area contributed by atoms with E-state index in [1.165, 1.54) is 0 Å². The van der Waals surface area contributed by atoms with E-state index < -0.39 is 37.7 Å². The van der Waals surface area contributed by atoms with Gasteiger partial charge in [0.1, 0.15) is 29.3 Å². The van der Waals surface area contributed by atoms with Gasteiger partial charge in [0.25, 0.3) is 0 Å². The summed E-state index contributed by atoms with van der Waals surface area (Å²) in [5.41, 5.74) is 0.663. The fourth-order valence-electron chi connectivity index (χ4n) is 3.52. The topological polar surface area (TPSA) is 118 Å². The second-order valence-electron chi connectivity index (χ2n) is 13.8. The van der Waals surface area contributed by atoms with Crippen molar-refractivity contribution in [2.24, 2.45) is 0 Å². The second-order valence-corrected chi connectivity index (χ2v) is 18.6. The highest BCUT2D eigenvalue weighted by atomic mass is 28.4. The molecule has 1 heterocycles. The number of aryl methyl sites for hydroxylation is 1. The molecule has 10 nitrogen and oxygen atoms in total. The molecule has 1 N–H and O–H groups in total. The highest BCUT2D eigenvalue weighted by Gasteiger charge is 2.42. The number of carbonyl (C=O) groups excluding carboxylic acids is 3. The molecule has 0 aliphatic carbocycles. The summed E-state index contributed by atoms with van der Waals surface area (Å²) in [5, 5.41) is 7.19. The van der Waals surface area contributed by atoms with Gasteiger partial charge < -0.3 is 24.0 Å². The van der Waals surface area contributed by atoms with E-state index in [1.54, 1.807) is 43.7 Å². The Morgan fingerprint density at radius 1 is 0.976 bits per heavy atom. The van der Waals surface area contributed by atoms with Crippen LogP contribution in [0.2, 0.25) is 18.1 Å². The summed E-state index contributed by atoms with van der Waals surface area (Å²) in [4.78, 5) is 36.5. The van der Waals surface area contributed by atoms with Gasteiger partial charge in [-0.25, -0.2) is 9.59 Å². The number of benzene rings is 1. The first-order valence-electron chi connectivity index (χ1n) is 14.3. The summed E-state index contributed by atoms with van der Waals surface area (Å²) in [6.07, 6.45) is -0.0101. The van der Waals surface area contributed by atoms with Crippen LogP contribution in [0.4, 0.5) is 4.79 Å². The second kappa shape index (κ2) is 13.9. The standard InChI is InChI=1S/C31H49N3O7Si/c1-29(2,3)39-27(36)26(41-42(10,11)31(7,8)9)21-38-24-15-13-22(14-16-24)25-19-23(20-35)34(33-25)18-12-17-32-28(37)40-30(4,5)6/h13-16,19-20,26H,12,17-18,21H2,1-11H3,(H,32,37)/t26-/m1/s1. The van der Waals surface area contributed by atoms with E-state index in [2.05, 4.69) is 44.3 Å². The molecule has 0 radical (unpaired) electrons. The number of hydrogen-bond acceptors (Lipinski definition) is 8. The lowest BCUT2D eigenvalue weighted by atomic mass is 10.1. The third-order valence-electron chi connectivity index (χ3n) is 6.61. The molecule has 1 amide bonds. The monoisotopic (exact) mass is 603 g/mol. The number of aldehydes is 1. The Bertz CT molecular complexity index is 1200. The van der Waals surface area contributed by atoms with Crippen molar-refractivity contribution >= 4 is 26.7 Å². The Balaban J connectivity index is 2.06. The summed E-state index contributed by atoms with van der Waals surface area (Å²) in [7, 11) is -2.28. The van der Waals surface area contributed by atoms with Crippen molar-refractivity contribution < 1.29 is 33.0 Å². The lowest BCUT2D eigenvalue weighted by Gasteiger charge is -2.39. The van der Waals surface area contributed by atoms with Crippen molar-refractivity contribution in [3.63, 3.8) is 0 Å². The molecule has 42 heavy (non-hydrogen) atoms. The fraction of sp³-hybridized carbons (Fsp3) is 0.613. The Labute approximate surface area is 251 Å². The van der Waals surface area contributed by atoms with Gasteiger partial charge in [-0.15, -0.1) is 0 Å². The minimum absolute atomic E-state index is 0.0159. The lowest BCUT2D eigenvalue weighted by Crippen LogP contribution is -2.49. The number of esters is 1. The van der Waals surface area contributed by atoms with Crippen LogP contribution in [0, 0.1) is 0 Å². The smallest absolute Gasteiger partial charge is 0.407 e. The van der Waals surface area contributed by atoms with E-state index >= 15 is 0 Å². The quantitative estimate of drug-likeness (QED) is 0.128. The van der Waals surface area contributed by atoms with Crippen molar-refractivity contribution in [1.29, 1.82) is 0 Å². The molecule has 0 fully saturated rings. The van der Waals surface area contributed by atoms with Crippen LogP contribution in [0.3, 0.4) is 0 Å². The van der Waals surface area contributed by atoms with E-state index in [9.17, 15) is 14.4 Å². The molecule has 2 aromatic rings. The van der Waals surface area contributed by atoms with E-state index in [4.69, 9.17) is 18.6 Å². The molecule has 1 aromatic carbocycles. The number of alkyl carbamates (subject to hydrolysis) is 1. The maximum Gasteiger partial charge on any atom is 0.407 e. The van der Waals surface area contributed by atoms with Crippen LogP contribution in [0.5, 0.6) is 5.75 Å². The average molecular weight is 604 g/mol. The zero-order chi connectivity index (χ0) is 31.9. The third kappa shape index (κ3) is 11.2. The van der Waals surface area contributed by atoms with Gasteiger partial charge in [0, 0.05) is 18.7 Å². The lowest BCUT2D eigenvalue weighted by molar-refractivity contribution is -0.165. The van der Waals surface area contributed by atoms with Crippen LogP contribution >= 0.6 is 0 Å². The zero-order valence-electron chi connectivity index (χ0n) is 27.1. The Morgan fingerprint density at radius 3 is 2.10 bits per heavy atom. The van der Waals surface area contributed by atoms with E-state index in [0.29, 0.717) is 36.6 Å². The molecule has 0 unspecified atom stereocenters. The zero-order valence-corrected chi connectivity index (χ0v) is 28.1. The third-order valence-corrected chi connectivity index (χ3v) is 11.1. The molecule has 0 aliphatic rings. The van der Waals surface area contributed by atoms with Crippen molar-refractivity contribution in [2.75, 3.05) is 13.2 Å². The van der Waals surface area contributed by atoms with Crippen molar-refractivity contribution in [2.45, 2.75) is 111 Å². The molecule has 234 valence electrons. The fourth-order valence-corrected chi connectivity index (χ4v) is 4.75. The molecular formula is C31H49N3O7Si. The Morgan fingerprint density at radius 2 is 1.57 bits per heavy atom. The first-order valence-corrected chi connectivity index (χ1v) is 17.3. The summed E-state index contributed by atoms with van der Waals surface area (Å²) in [5.74, 6) is 0.117. The van der Waals surface area contributed by atoms with Gasteiger partial charge in [0.05, 0.1) is 5.69 Å². The maximum atomic E-state index is 13.0. The molecule has 0 saturated carbocycles. The highest BCUT2D eigenvalue weighted by molar-refractivity contribution is 6.74. The molecular weight excluding hydrogens is 554 g/mol. The van der Waals surface area contributed by atoms with Gasteiger partial charge in [0.15, 0.2) is 20.7 Å². The number of ether oxygens (including phenoxy) is 3. The largest absolute Gasteiger partial charge is 0.490 e. The minimum atomic E-state index is -2.28. The van der Waals surface area contributed by atoms with Gasteiger partial charge in [-0.3, -0.25) is 9.48 Å². The summed E-state index contributed by atoms with van der Waals surface area (Å²) >= 11 is 0. The average Bonchev–Trinajstić information content (AvgIpc) is 3.25. The SMILES string of the molecule is CC(C)(C)OC(=O)NCCCn1nc(-c2ccc(OC[C@@H](O[Si](C)(C)C(C)(C)C)C(=O)OC(C)(C)C)cc2)cc1C=O. The van der Waals surface area contributed by atoms with Gasteiger partial charge in [0.2, 0.25) is 0 Å². The molecule has 1 atom stereocenters. The van der Waals surface area contributed by atoms with Crippen molar-refractivity contribution in [3.05, 3.63) is 36.0 Å². The van der Waals surface area contributed by atoms with Crippen LogP contribution in [0.1, 0.15) is 79.2 Å². The predicted molar refractivity (Wildman–Crippen MR) is 165 cm³/mol. The molecule has 1 aromatic heterocycles. The maximum absolute atomic E-state index is 13.0. The van der Waals surface area contributed by atoms with E-state index in [0.717, 1.165) is 11.8 Å². The number of amides is 1. The minimum Gasteiger partial charge on any atom is -0.490 e. The number of aromatic nitrogens is 2. The molecule has 11 heteroatoms. The molecule has 0 aliphatic heterocycles. The highest BCUT2D eigenvalue weighted by Crippen LogP contribution is 2.37. The predicted octanol–water partition coefficient (Wildman–Crippen LogP) is 6.39. The number of rotatable bonds is 12. The van der Waals surface area contributed by atoms with Crippen LogP contribution in [0.25, 0.3) is 11.3 Å². The first kappa shape index (κ1) is 35.0. The Hall–Kier alpha value is -3.18. The van der Waals surface area contributed by atoms with Gasteiger partial charge in [-0.1, -0.05) is 20.8 Å². The molecule has 2 rings (SSSR count). The van der Waals surface area contributed by atoms with Gasteiger partial charge in [-0.05, 0) is 96.4 Å². The molecule has 0 saturated heterocycles. The summed E-state index contributed by atoms with van der Waals surface area (Å²) < 4.78 is 24.9. The molecule has 0 bridgehead atoms. The molecule has 0 spiro atoms. The normalized spacial score (nSPS) is 13.3. The van der Waals surface area contributed by atoms with Crippen LogP contribution in [-0.2, 0) is 25.2 Å². The number of nitrogens with one attached hydrogen (secondary N) is 1. The van der Waals surface area contributed by atoms with Gasteiger partial charge >= 0.3 is 12.1 Å². The summed E-state index contributed by atoms with van der Waals surface area (Å²) in [6.45, 7) is 22.3. The van der Waals surface area contributed by atoms with Crippen LogP contribution in [-0.4, -0.2) is 66.9 Å². The van der Waals surface area contributed by atoms with Crippen LogP contribution < -0.4 is 10.1 Å². The van der Waals surface area contributed by atoms with E-state index in [1.807, 2.05) is 32.9 Å². The first-order chi connectivity index (χ1) is 19.2. The van der Waals surface area contributed by atoms with Crippen LogP contribution in [0.15, 0.2) is 30.3 Å². The Kier molecular flexibility index (Phi) is 11.6. The number of hydrogen-bond donors (Lipinski definition) is 1. The number of nitrogens with zero attached hydrogens (tertiary/aromatic N) is 2.